The second-order valence-electron chi connectivity index (χ2n) is 5.61. The van der Waals surface area contributed by atoms with Crippen molar-refractivity contribution in [3.8, 4) is 5.75 Å². The molecule has 1 fully saturated rings. The van der Waals surface area contributed by atoms with Crippen LogP contribution in [0.4, 0.5) is 0 Å². The molecule has 0 aromatic heterocycles. The number of nitrogens with one attached hydrogen (secondary N) is 1. The second-order valence-corrected chi connectivity index (χ2v) is 7.65. The lowest BCUT2D eigenvalue weighted by Gasteiger charge is -2.32. The van der Waals surface area contributed by atoms with Crippen LogP contribution < -0.4 is 10.1 Å². The highest BCUT2D eigenvalue weighted by Gasteiger charge is 2.29. The standard InChI is InChI=1S/C16H24N2O5S/c1-14-13-22-11-9-18(14)24(20,21)12-8-17-16(19)7-10-23-15-5-3-2-4-6-15/h2-6,14H,7-13H2,1H3,(H,17,19). The molecular weight excluding hydrogens is 332 g/mol. The zero-order chi connectivity index (χ0) is 17.4. The summed E-state index contributed by atoms with van der Waals surface area (Å²) in [7, 11) is -3.38. The predicted molar refractivity (Wildman–Crippen MR) is 90.3 cm³/mol. The first kappa shape index (κ1) is 18.7. The Hall–Kier alpha value is -1.64. The van der Waals surface area contributed by atoms with Gasteiger partial charge in [-0.2, -0.15) is 4.31 Å². The predicted octanol–water partition coefficient (Wildman–Crippen LogP) is 0.622. The van der Waals surface area contributed by atoms with Crippen LogP contribution in [0.1, 0.15) is 13.3 Å². The number of amides is 1. The van der Waals surface area contributed by atoms with E-state index >= 15 is 0 Å². The highest BCUT2D eigenvalue weighted by atomic mass is 32.2. The van der Waals surface area contributed by atoms with Crippen molar-refractivity contribution in [2.75, 3.05) is 38.7 Å². The van der Waals surface area contributed by atoms with Crippen molar-refractivity contribution in [1.29, 1.82) is 0 Å². The minimum Gasteiger partial charge on any atom is -0.493 e. The number of ether oxygens (including phenoxy) is 2. The molecule has 0 saturated carbocycles. The van der Waals surface area contributed by atoms with E-state index in [0.29, 0.717) is 25.5 Å². The van der Waals surface area contributed by atoms with Crippen LogP contribution in [0, 0.1) is 0 Å². The molecule has 1 atom stereocenters. The van der Waals surface area contributed by atoms with Crippen molar-refractivity contribution in [3.05, 3.63) is 30.3 Å². The molecule has 2 rings (SSSR count). The normalized spacial score (nSPS) is 19.0. The zero-order valence-corrected chi connectivity index (χ0v) is 14.6. The number of hydrogen-bond donors (Lipinski definition) is 1. The topological polar surface area (TPSA) is 84.9 Å². The molecule has 134 valence electrons. The largest absolute Gasteiger partial charge is 0.493 e. The molecule has 8 heteroatoms. The maximum Gasteiger partial charge on any atom is 0.223 e. The minimum atomic E-state index is -3.38. The van der Waals surface area contributed by atoms with E-state index in [1.165, 1.54) is 4.31 Å². The number of hydrogen-bond acceptors (Lipinski definition) is 5. The van der Waals surface area contributed by atoms with E-state index in [4.69, 9.17) is 9.47 Å². The van der Waals surface area contributed by atoms with Crippen molar-refractivity contribution in [2.45, 2.75) is 19.4 Å². The van der Waals surface area contributed by atoms with Crippen molar-refractivity contribution >= 4 is 15.9 Å². The maximum atomic E-state index is 12.3. The number of para-hydroxylation sites is 1. The first-order valence-electron chi connectivity index (χ1n) is 8.01. The van der Waals surface area contributed by atoms with Gasteiger partial charge >= 0.3 is 0 Å². The summed E-state index contributed by atoms with van der Waals surface area (Å²) in [6, 6.07) is 9.05. The summed E-state index contributed by atoms with van der Waals surface area (Å²) in [6.45, 7) is 3.34. The van der Waals surface area contributed by atoms with Crippen LogP contribution in [-0.2, 0) is 19.6 Å². The van der Waals surface area contributed by atoms with Gasteiger partial charge < -0.3 is 14.8 Å². The third kappa shape index (κ3) is 5.77. The van der Waals surface area contributed by atoms with Gasteiger partial charge in [-0.05, 0) is 19.1 Å². The fourth-order valence-corrected chi connectivity index (χ4v) is 3.98. The molecule has 0 aliphatic carbocycles. The molecule has 1 unspecified atom stereocenters. The van der Waals surface area contributed by atoms with E-state index in [1.54, 1.807) is 0 Å². The number of carbonyl (C=O) groups excluding carboxylic acids is 1. The third-order valence-electron chi connectivity index (χ3n) is 3.69. The zero-order valence-electron chi connectivity index (χ0n) is 13.8. The Morgan fingerprint density at radius 3 is 2.83 bits per heavy atom. The Morgan fingerprint density at radius 1 is 1.38 bits per heavy atom. The number of benzene rings is 1. The van der Waals surface area contributed by atoms with Gasteiger partial charge in [0.1, 0.15) is 5.75 Å². The first-order chi connectivity index (χ1) is 11.5. The third-order valence-corrected chi connectivity index (χ3v) is 5.66. The first-order valence-corrected chi connectivity index (χ1v) is 9.62. The van der Waals surface area contributed by atoms with E-state index in [2.05, 4.69) is 5.32 Å². The fourth-order valence-electron chi connectivity index (χ4n) is 2.43. The van der Waals surface area contributed by atoms with Crippen molar-refractivity contribution in [2.24, 2.45) is 0 Å². The summed E-state index contributed by atoms with van der Waals surface area (Å²) < 4.78 is 36.7. The summed E-state index contributed by atoms with van der Waals surface area (Å²) in [5.41, 5.74) is 0. The van der Waals surface area contributed by atoms with Crippen LogP contribution in [0.15, 0.2) is 30.3 Å². The Morgan fingerprint density at radius 2 is 2.12 bits per heavy atom. The van der Waals surface area contributed by atoms with Crippen molar-refractivity contribution < 1.29 is 22.7 Å². The molecular formula is C16H24N2O5S. The van der Waals surface area contributed by atoms with Crippen LogP contribution >= 0.6 is 0 Å². The molecule has 1 heterocycles. The Kier molecular flexibility index (Phi) is 7.01. The fraction of sp³-hybridized carbons (Fsp3) is 0.562. The Balaban J connectivity index is 1.66. The van der Waals surface area contributed by atoms with E-state index in [1.807, 2.05) is 37.3 Å². The number of morpholine rings is 1. The van der Waals surface area contributed by atoms with E-state index < -0.39 is 10.0 Å². The average Bonchev–Trinajstić information content (AvgIpc) is 2.56. The summed E-state index contributed by atoms with van der Waals surface area (Å²) in [6.07, 6.45) is 0.183. The van der Waals surface area contributed by atoms with Gasteiger partial charge in [-0.25, -0.2) is 8.42 Å². The number of carbonyl (C=O) groups is 1. The van der Waals surface area contributed by atoms with Gasteiger partial charge in [0.05, 0.1) is 32.0 Å². The van der Waals surface area contributed by atoms with Gasteiger partial charge in [0.15, 0.2) is 0 Å². The molecule has 0 radical (unpaired) electrons. The Bertz CT molecular complexity index is 621. The molecule has 24 heavy (non-hydrogen) atoms. The van der Waals surface area contributed by atoms with Crippen LogP contribution in [0.3, 0.4) is 0 Å². The quantitative estimate of drug-likeness (QED) is 0.738. The highest BCUT2D eigenvalue weighted by molar-refractivity contribution is 7.89. The van der Waals surface area contributed by atoms with E-state index in [-0.39, 0.29) is 37.3 Å². The lowest BCUT2D eigenvalue weighted by molar-refractivity contribution is -0.121. The van der Waals surface area contributed by atoms with Crippen LogP contribution in [0.5, 0.6) is 5.75 Å². The molecule has 1 N–H and O–H groups in total. The molecule has 1 saturated heterocycles. The summed E-state index contributed by atoms with van der Waals surface area (Å²) in [5, 5.41) is 2.62. The number of sulfonamides is 1. The van der Waals surface area contributed by atoms with Gasteiger partial charge in [-0.15, -0.1) is 0 Å². The Labute approximate surface area is 143 Å². The summed E-state index contributed by atoms with van der Waals surface area (Å²) in [5.74, 6) is 0.369. The highest BCUT2D eigenvalue weighted by Crippen LogP contribution is 2.12. The van der Waals surface area contributed by atoms with Gasteiger partial charge in [-0.3, -0.25) is 4.79 Å². The molecule has 7 nitrogen and oxygen atoms in total. The van der Waals surface area contributed by atoms with E-state index in [9.17, 15) is 13.2 Å². The summed E-state index contributed by atoms with van der Waals surface area (Å²) in [4.78, 5) is 11.7. The average molecular weight is 356 g/mol. The monoisotopic (exact) mass is 356 g/mol. The minimum absolute atomic E-state index is 0.0938. The molecule has 1 aromatic rings. The van der Waals surface area contributed by atoms with Crippen LogP contribution in [0.25, 0.3) is 0 Å². The molecule has 1 aliphatic heterocycles. The van der Waals surface area contributed by atoms with Gasteiger partial charge in [-0.1, -0.05) is 18.2 Å². The maximum absolute atomic E-state index is 12.3. The lowest BCUT2D eigenvalue weighted by atomic mass is 10.3. The van der Waals surface area contributed by atoms with Crippen LogP contribution in [-0.4, -0.2) is 63.3 Å². The lowest BCUT2D eigenvalue weighted by Crippen LogP contribution is -2.49. The summed E-state index contributed by atoms with van der Waals surface area (Å²) >= 11 is 0. The van der Waals surface area contributed by atoms with E-state index in [0.717, 1.165) is 0 Å². The van der Waals surface area contributed by atoms with Gasteiger partial charge in [0.25, 0.3) is 0 Å². The molecule has 0 spiro atoms. The van der Waals surface area contributed by atoms with Gasteiger partial charge in [0, 0.05) is 19.1 Å². The molecule has 1 amide bonds. The smallest absolute Gasteiger partial charge is 0.223 e. The number of rotatable bonds is 8. The molecule has 1 aromatic carbocycles. The molecule has 1 aliphatic rings. The second kappa shape index (κ2) is 9.00. The van der Waals surface area contributed by atoms with Crippen molar-refractivity contribution in [1.82, 2.24) is 9.62 Å². The number of nitrogens with zero attached hydrogens (tertiary/aromatic N) is 1. The SMILES string of the molecule is CC1COCCN1S(=O)(=O)CCNC(=O)CCOc1ccccc1. The van der Waals surface area contributed by atoms with Gasteiger partial charge in [0.2, 0.25) is 15.9 Å². The van der Waals surface area contributed by atoms with Crippen LogP contribution in [0.2, 0.25) is 0 Å². The molecule has 0 bridgehead atoms. The van der Waals surface area contributed by atoms with Crippen molar-refractivity contribution in [3.63, 3.8) is 0 Å².